The van der Waals surface area contributed by atoms with Gasteiger partial charge in [0.2, 0.25) is 0 Å². The summed E-state index contributed by atoms with van der Waals surface area (Å²) in [6, 6.07) is 1.59. The van der Waals surface area contributed by atoms with E-state index in [-0.39, 0.29) is 0 Å². The summed E-state index contributed by atoms with van der Waals surface area (Å²) in [5, 5.41) is 17.3. The van der Waals surface area contributed by atoms with Gasteiger partial charge in [-0.25, -0.2) is 13.8 Å². The van der Waals surface area contributed by atoms with Gasteiger partial charge in [-0.1, -0.05) is 0 Å². The van der Waals surface area contributed by atoms with Crippen LogP contribution in [0.3, 0.4) is 0 Å². The van der Waals surface area contributed by atoms with E-state index in [1.54, 1.807) is 0 Å². The van der Waals surface area contributed by atoms with Gasteiger partial charge >= 0.3 is 6.18 Å². The first kappa shape index (κ1) is 12.2. The molecule has 0 aromatic carbocycles. The minimum atomic E-state index is -5.10. The number of aromatic hydroxyl groups is 1. The first-order valence-corrected chi connectivity index (χ1v) is 3.76. The molecule has 8 heteroatoms. The highest BCUT2D eigenvalue weighted by molar-refractivity contribution is 5.47. The Hall–Kier alpha value is -1.91. The van der Waals surface area contributed by atoms with Gasteiger partial charge in [0.25, 0.3) is 6.43 Å². The molecule has 0 amide bonds. The highest BCUT2D eigenvalue weighted by atomic mass is 19.4. The molecule has 0 atom stereocenters. The molecular weight excluding hydrogens is 235 g/mol. The highest BCUT2D eigenvalue weighted by Crippen LogP contribution is 2.37. The predicted molar refractivity (Wildman–Crippen MR) is 40.6 cm³/mol. The maximum Gasteiger partial charge on any atom is 0.437 e. The SMILES string of the molecule is N#Cc1cc(C(F)F)nc(C(F)(F)F)c1O. The van der Waals surface area contributed by atoms with Crippen LogP contribution >= 0.6 is 0 Å². The van der Waals surface area contributed by atoms with Crippen LogP contribution in [0.2, 0.25) is 0 Å². The van der Waals surface area contributed by atoms with Crippen LogP contribution in [0.25, 0.3) is 0 Å². The van der Waals surface area contributed by atoms with E-state index in [9.17, 15) is 22.0 Å². The lowest BCUT2D eigenvalue weighted by Crippen LogP contribution is -2.11. The molecule has 86 valence electrons. The van der Waals surface area contributed by atoms with Crippen molar-refractivity contribution in [1.29, 1.82) is 5.26 Å². The van der Waals surface area contributed by atoms with Crippen molar-refractivity contribution < 1.29 is 27.1 Å². The van der Waals surface area contributed by atoms with E-state index < -0.39 is 35.3 Å². The third kappa shape index (κ3) is 2.18. The maximum atomic E-state index is 12.2. The van der Waals surface area contributed by atoms with E-state index in [1.165, 1.54) is 6.07 Å². The van der Waals surface area contributed by atoms with Crippen molar-refractivity contribution in [3.63, 3.8) is 0 Å². The van der Waals surface area contributed by atoms with Crippen LogP contribution in [0.1, 0.15) is 23.4 Å². The molecule has 1 aromatic heterocycles. The zero-order valence-electron chi connectivity index (χ0n) is 7.39. The number of aromatic nitrogens is 1. The van der Waals surface area contributed by atoms with Gasteiger partial charge in [0.1, 0.15) is 11.8 Å². The monoisotopic (exact) mass is 238 g/mol. The summed E-state index contributed by atoms with van der Waals surface area (Å²) in [7, 11) is 0. The average molecular weight is 238 g/mol. The van der Waals surface area contributed by atoms with Gasteiger partial charge in [-0.3, -0.25) is 0 Å². The van der Waals surface area contributed by atoms with Crippen molar-refractivity contribution in [1.82, 2.24) is 4.98 Å². The molecule has 0 radical (unpaired) electrons. The largest absolute Gasteiger partial charge is 0.504 e. The van der Waals surface area contributed by atoms with Gasteiger partial charge in [-0.2, -0.15) is 18.4 Å². The summed E-state index contributed by atoms with van der Waals surface area (Å²) < 4.78 is 61.0. The van der Waals surface area contributed by atoms with E-state index in [1.807, 2.05) is 0 Å². The molecule has 3 nitrogen and oxygen atoms in total. The molecule has 0 unspecified atom stereocenters. The summed E-state index contributed by atoms with van der Waals surface area (Å²) in [5.74, 6) is -1.44. The lowest BCUT2D eigenvalue weighted by atomic mass is 10.1. The number of rotatable bonds is 1. The fourth-order valence-electron chi connectivity index (χ4n) is 0.953. The Labute approximate surface area is 85.8 Å². The average Bonchev–Trinajstić information content (AvgIpc) is 2.15. The fourth-order valence-corrected chi connectivity index (χ4v) is 0.953. The molecule has 0 spiro atoms. The number of hydrogen-bond donors (Lipinski definition) is 1. The molecule has 0 saturated carbocycles. The molecule has 0 aliphatic rings. The normalized spacial score (nSPS) is 11.6. The van der Waals surface area contributed by atoms with Crippen LogP contribution in [-0.4, -0.2) is 10.1 Å². The van der Waals surface area contributed by atoms with Crippen molar-refractivity contribution in [3.8, 4) is 11.8 Å². The summed E-state index contributed by atoms with van der Waals surface area (Å²) in [6.07, 6.45) is -8.35. The van der Waals surface area contributed by atoms with Crippen LogP contribution in [0.5, 0.6) is 5.75 Å². The van der Waals surface area contributed by atoms with E-state index in [0.29, 0.717) is 6.07 Å². The lowest BCUT2D eigenvalue weighted by Gasteiger charge is -2.10. The number of nitriles is 1. The Morgan fingerprint density at radius 2 is 1.94 bits per heavy atom. The second kappa shape index (κ2) is 3.92. The quantitative estimate of drug-likeness (QED) is 0.765. The molecular formula is C8H3F5N2O. The second-order valence-electron chi connectivity index (χ2n) is 2.70. The van der Waals surface area contributed by atoms with Crippen molar-refractivity contribution in [2.45, 2.75) is 12.6 Å². The first-order valence-electron chi connectivity index (χ1n) is 3.76. The standard InChI is InChI=1S/C8H3F5N2O/c9-7(10)4-1-3(2-14)5(16)6(15-4)8(11,12)13/h1,7,16H. The minimum Gasteiger partial charge on any atom is -0.504 e. The number of hydrogen-bond acceptors (Lipinski definition) is 3. The van der Waals surface area contributed by atoms with E-state index in [4.69, 9.17) is 10.4 Å². The Kier molecular flexibility index (Phi) is 2.98. The number of alkyl halides is 5. The molecule has 1 aromatic rings. The topological polar surface area (TPSA) is 56.9 Å². The van der Waals surface area contributed by atoms with E-state index >= 15 is 0 Å². The molecule has 0 bridgehead atoms. The maximum absolute atomic E-state index is 12.2. The van der Waals surface area contributed by atoms with Crippen molar-refractivity contribution in [2.24, 2.45) is 0 Å². The zero-order chi connectivity index (χ0) is 12.5. The summed E-state index contributed by atoms with van der Waals surface area (Å²) >= 11 is 0. The van der Waals surface area contributed by atoms with Gasteiger partial charge in [0.15, 0.2) is 11.4 Å². The van der Waals surface area contributed by atoms with Crippen LogP contribution in [0, 0.1) is 11.3 Å². The van der Waals surface area contributed by atoms with Gasteiger partial charge in [-0.05, 0) is 6.07 Å². The van der Waals surface area contributed by atoms with E-state index in [2.05, 4.69) is 4.98 Å². The number of halogens is 5. The van der Waals surface area contributed by atoms with E-state index in [0.717, 1.165) is 0 Å². The zero-order valence-corrected chi connectivity index (χ0v) is 7.39. The first-order chi connectivity index (χ1) is 7.27. The lowest BCUT2D eigenvalue weighted by molar-refractivity contribution is -0.142. The van der Waals surface area contributed by atoms with Crippen molar-refractivity contribution in [3.05, 3.63) is 23.0 Å². The molecule has 1 heterocycles. The van der Waals surface area contributed by atoms with Crippen LogP contribution < -0.4 is 0 Å². The molecule has 0 aliphatic heterocycles. The summed E-state index contributed by atoms with van der Waals surface area (Å²) in [5.41, 5.74) is -3.99. The van der Waals surface area contributed by atoms with Crippen LogP contribution in [0.15, 0.2) is 6.07 Å². The fraction of sp³-hybridized carbons (Fsp3) is 0.250. The Bertz CT molecular complexity index is 449. The molecule has 0 aliphatic carbocycles. The molecule has 1 N–H and O–H groups in total. The smallest absolute Gasteiger partial charge is 0.437 e. The third-order valence-electron chi connectivity index (χ3n) is 1.63. The van der Waals surface area contributed by atoms with Crippen LogP contribution in [-0.2, 0) is 6.18 Å². The van der Waals surface area contributed by atoms with Crippen LogP contribution in [0.4, 0.5) is 22.0 Å². The number of nitrogens with zero attached hydrogens (tertiary/aromatic N) is 2. The highest BCUT2D eigenvalue weighted by Gasteiger charge is 2.38. The summed E-state index contributed by atoms with van der Waals surface area (Å²) in [6.45, 7) is 0. The van der Waals surface area contributed by atoms with Gasteiger partial charge in [0, 0.05) is 0 Å². The Morgan fingerprint density at radius 1 is 1.38 bits per heavy atom. The van der Waals surface area contributed by atoms with Crippen molar-refractivity contribution >= 4 is 0 Å². The Morgan fingerprint density at radius 3 is 2.31 bits per heavy atom. The van der Waals surface area contributed by atoms with Crippen molar-refractivity contribution in [2.75, 3.05) is 0 Å². The predicted octanol–water partition coefficient (Wildman–Crippen LogP) is 2.62. The Balaban J connectivity index is 3.50. The molecule has 1 rings (SSSR count). The van der Waals surface area contributed by atoms with Gasteiger partial charge in [-0.15, -0.1) is 0 Å². The second-order valence-corrected chi connectivity index (χ2v) is 2.70. The summed E-state index contributed by atoms with van der Waals surface area (Å²) in [4.78, 5) is 2.58. The molecule has 0 fully saturated rings. The third-order valence-corrected chi connectivity index (χ3v) is 1.63. The molecule has 0 saturated heterocycles. The minimum absolute atomic E-state index is 0.412. The number of pyridine rings is 1. The van der Waals surface area contributed by atoms with Gasteiger partial charge < -0.3 is 5.11 Å². The van der Waals surface area contributed by atoms with Gasteiger partial charge in [0.05, 0.1) is 5.56 Å². The molecule has 16 heavy (non-hydrogen) atoms.